The molecule has 0 bridgehead atoms. The molecule has 3 fully saturated rings. The number of carbonyl (C=O) groups excluding carboxylic acids is 2. The van der Waals surface area contributed by atoms with Gasteiger partial charge in [-0.05, 0) is 37.6 Å². The third kappa shape index (κ3) is 6.53. The highest BCUT2D eigenvalue weighted by molar-refractivity contribution is 5.94. The maximum atomic E-state index is 13.7. The summed E-state index contributed by atoms with van der Waals surface area (Å²) in [5.74, 6) is -2.98. The molecule has 0 spiro atoms. The van der Waals surface area contributed by atoms with Crippen molar-refractivity contribution in [2.45, 2.75) is 37.3 Å². The predicted octanol–water partition coefficient (Wildman–Crippen LogP) is 2.48. The van der Waals surface area contributed by atoms with Crippen LogP contribution < -0.4 is 20.5 Å². The largest absolute Gasteiger partial charge is 0.492 e. The second kappa shape index (κ2) is 11.9. The second-order valence-electron chi connectivity index (χ2n) is 10.4. The van der Waals surface area contributed by atoms with Gasteiger partial charge in [0.15, 0.2) is 5.92 Å². The van der Waals surface area contributed by atoms with Gasteiger partial charge in [-0.2, -0.15) is 26.3 Å². The number of carbonyl (C=O) groups is 2. The number of ether oxygens (including phenoxy) is 1. The summed E-state index contributed by atoms with van der Waals surface area (Å²) in [4.78, 5) is 37.8. The number of benzene rings is 1. The normalized spacial score (nSPS) is 24.0. The number of halogens is 6. The van der Waals surface area contributed by atoms with E-state index in [4.69, 9.17) is 4.74 Å². The summed E-state index contributed by atoms with van der Waals surface area (Å²) in [5, 5.41) is 0. The topological polar surface area (TPSA) is 103 Å². The Morgan fingerprint density at radius 3 is 2.40 bits per heavy atom. The molecule has 0 saturated carbocycles. The zero-order valence-electron chi connectivity index (χ0n) is 22.3. The minimum absolute atomic E-state index is 0.0470. The molecule has 0 radical (unpaired) electrons. The molecule has 3 saturated heterocycles. The first-order valence-electron chi connectivity index (χ1n) is 13.4. The Kier molecular flexibility index (Phi) is 8.46. The van der Waals surface area contributed by atoms with Crippen LogP contribution in [0.2, 0.25) is 0 Å². The molecule has 42 heavy (non-hydrogen) atoms. The minimum atomic E-state index is -4.68. The molecule has 0 aliphatic carbocycles. The summed E-state index contributed by atoms with van der Waals surface area (Å²) in [7, 11) is 0. The molecular weight excluding hydrogens is 572 g/mol. The highest BCUT2D eigenvalue weighted by Gasteiger charge is 2.54. The van der Waals surface area contributed by atoms with Gasteiger partial charge in [0.2, 0.25) is 11.9 Å². The number of rotatable bonds is 6. The van der Waals surface area contributed by atoms with Crippen molar-refractivity contribution in [3.8, 4) is 5.75 Å². The molecule has 2 amide bonds. The lowest BCUT2D eigenvalue weighted by molar-refractivity contribution is -0.201. The summed E-state index contributed by atoms with van der Waals surface area (Å²) in [6.45, 7) is 1.71. The first kappa shape index (κ1) is 29.8. The van der Waals surface area contributed by atoms with E-state index in [1.165, 1.54) is 0 Å². The van der Waals surface area contributed by atoms with Crippen molar-refractivity contribution in [3.63, 3.8) is 0 Å². The summed E-state index contributed by atoms with van der Waals surface area (Å²) in [6.07, 6.45) is -6.48. The van der Waals surface area contributed by atoms with E-state index in [1.807, 2.05) is 0 Å². The summed E-state index contributed by atoms with van der Waals surface area (Å²) >= 11 is 0. The van der Waals surface area contributed by atoms with Crippen molar-refractivity contribution < 1.29 is 40.7 Å². The van der Waals surface area contributed by atoms with Crippen molar-refractivity contribution >= 4 is 17.8 Å². The second-order valence-corrected chi connectivity index (χ2v) is 10.4. The lowest BCUT2D eigenvalue weighted by Crippen LogP contribution is -2.65. The van der Waals surface area contributed by atoms with Gasteiger partial charge >= 0.3 is 12.4 Å². The highest BCUT2D eigenvalue weighted by atomic mass is 19.4. The first-order valence-corrected chi connectivity index (χ1v) is 13.4. The average Bonchev–Trinajstić information content (AvgIpc) is 3.43. The maximum Gasteiger partial charge on any atom is 0.419 e. The number of piperazine rings is 1. The van der Waals surface area contributed by atoms with Gasteiger partial charge in [0.1, 0.15) is 12.4 Å². The lowest BCUT2D eigenvalue weighted by Gasteiger charge is -2.40. The number of hydrogen-bond donors (Lipinski definition) is 2. The van der Waals surface area contributed by atoms with Crippen LogP contribution in [0.25, 0.3) is 0 Å². The van der Waals surface area contributed by atoms with Crippen LogP contribution in [0, 0.1) is 5.92 Å². The van der Waals surface area contributed by atoms with E-state index in [2.05, 4.69) is 20.8 Å². The monoisotopic (exact) mass is 601 g/mol. The van der Waals surface area contributed by atoms with Crippen LogP contribution in [0.1, 0.15) is 28.8 Å². The molecule has 2 aromatic rings. The van der Waals surface area contributed by atoms with E-state index in [0.29, 0.717) is 56.9 Å². The van der Waals surface area contributed by atoms with E-state index < -0.39 is 35.8 Å². The average molecular weight is 602 g/mol. The molecule has 3 atom stereocenters. The number of nitrogens with zero attached hydrogens (tertiary/aromatic N) is 5. The van der Waals surface area contributed by atoms with Crippen molar-refractivity contribution in [1.82, 2.24) is 30.6 Å². The Hall–Kier alpha value is -3.66. The number of hydrazine groups is 1. The van der Waals surface area contributed by atoms with E-state index in [0.717, 1.165) is 12.4 Å². The molecular formula is C26H29F6N7O3. The van der Waals surface area contributed by atoms with E-state index in [-0.39, 0.29) is 31.0 Å². The fourth-order valence-electron chi connectivity index (χ4n) is 5.60. The fourth-order valence-corrected chi connectivity index (χ4v) is 5.60. The number of aromatic nitrogens is 2. The Morgan fingerprint density at radius 2 is 1.74 bits per heavy atom. The van der Waals surface area contributed by atoms with Crippen LogP contribution in [0.3, 0.4) is 0 Å². The highest BCUT2D eigenvalue weighted by Crippen LogP contribution is 2.35. The van der Waals surface area contributed by atoms with Crippen molar-refractivity contribution in [1.29, 1.82) is 0 Å². The molecule has 16 heteroatoms. The number of nitrogens with one attached hydrogen (secondary N) is 2. The molecule has 1 aromatic heterocycles. The zero-order valence-corrected chi connectivity index (χ0v) is 22.3. The minimum Gasteiger partial charge on any atom is -0.492 e. The van der Waals surface area contributed by atoms with Gasteiger partial charge in [0.05, 0.1) is 5.56 Å². The quantitative estimate of drug-likeness (QED) is 0.488. The predicted molar refractivity (Wildman–Crippen MR) is 136 cm³/mol. The summed E-state index contributed by atoms with van der Waals surface area (Å²) in [6, 6.07) is 5.10. The number of hydrogen-bond acceptors (Lipinski definition) is 8. The van der Waals surface area contributed by atoms with Crippen LogP contribution in [0.5, 0.6) is 5.75 Å². The molecule has 2 unspecified atom stereocenters. The van der Waals surface area contributed by atoms with Gasteiger partial charge in [-0.25, -0.2) is 15.4 Å². The smallest absolute Gasteiger partial charge is 0.419 e. The standard InChI is InChI=1S/C26H29F6N7O3/c27-25(28,29)17-12-33-24(34-13-17)38-9-7-37(8-10-38)23(41)16-3-1-5-19(11-16)42-15-18-4-2-6-39(18)20-14-35-36-22(40)21(20)26(30,31)32/h1,3,5,11-13,18,20-21,35H,2,4,6-10,14-15H2,(H,36,40)/t18-,20?,21?/m0/s1. The van der Waals surface area contributed by atoms with Gasteiger partial charge in [-0.1, -0.05) is 6.07 Å². The molecule has 3 aliphatic heterocycles. The first-order chi connectivity index (χ1) is 19.9. The third-order valence-electron chi connectivity index (χ3n) is 7.73. The molecule has 4 heterocycles. The van der Waals surface area contributed by atoms with E-state index >= 15 is 0 Å². The molecule has 2 N–H and O–H groups in total. The lowest BCUT2D eigenvalue weighted by atomic mass is 9.94. The summed E-state index contributed by atoms with van der Waals surface area (Å²) in [5.41, 5.74) is 4.05. The number of likely N-dealkylation sites (tertiary alicyclic amines) is 1. The number of alkyl halides is 6. The van der Waals surface area contributed by atoms with Crippen LogP contribution >= 0.6 is 0 Å². The Labute approximate surface area is 237 Å². The van der Waals surface area contributed by atoms with Crippen LogP contribution in [-0.2, 0) is 11.0 Å². The van der Waals surface area contributed by atoms with Gasteiger partial charge in [-0.15, -0.1) is 0 Å². The van der Waals surface area contributed by atoms with Gasteiger partial charge in [0.25, 0.3) is 5.91 Å². The maximum absolute atomic E-state index is 13.7. The zero-order chi connectivity index (χ0) is 30.1. The molecule has 10 nitrogen and oxygen atoms in total. The fraction of sp³-hybridized carbons (Fsp3) is 0.538. The summed E-state index contributed by atoms with van der Waals surface area (Å²) < 4.78 is 85.3. The molecule has 3 aliphatic rings. The van der Waals surface area contributed by atoms with Crippen molar-refractivity contribution in [2.75, 3.05) is 50.8 Å². The van der Waals surface area contributed by atoms with Crippen molar-refractivity contribution in [2.24, 2.45) is 5.92 Å². The molecule has 228 valence electrons. The SMILES string of the molecule is O=C1NNCC(N2CCC[C@H]2COc2cccc(C(=O)N3CCN(c4ncc(C(F)(F)F)cn4)CC3)c2)C1C(F)(F)F. The van der Waals surface area contributed by atoms with Gasteiger partial charge in [-0.3, -0.25) is 19.9 Å². The van der Waals surface area contributed by atoms with Crippen LogP contribution in [-0.4, -0.2) is 95.7 Å². The molecule has 1 aromatic carbocycles. The Morgan fingerprint density at radius 1 is 1.02 bits per heavy atom. The van der Waals surface area contributed by atoms with E-state index in [1.54, 1.807) is 39.0 Å². The van der Waals surface area contributed by atoms with Crippen LogP contribution in [0.4, 0.5) is 32.3 Å². The van der Waals surface area contributed by atoms with Crippen LogP contribution in [0.15, 0.2) is 36.7 Å². The van der Waals surface area contributed by atoms with E-state index in [9.17, 15) is 35.9 Å². The molecule has 5 rings (SSSR count). The Bertz CT molecular complexity index is 1270. The van der Waals surface area contributed by atoms with Gasteiger partial charge in [0, 0.05) is 62.8 Å². The number of amides is 2. The van der Waals surface area contributed by atoms with Crippen molar-refractivity contribution in [3.05, 3.63) is 47.8 Å². The third-order valence-corrected chi connectivity index (χ3v) is 7.73. The number of anilines is 1. The Balaban J connectivity index is 1.17. The van der Waals surface area contributed by atoms with Gasteiger partial charge < -0.3 is 14.5 Å².